The molecule has 0 aromatic carbocycles. The highest BCUT2D eigenvalue weighted by Gasteiger charge is 2.32. The Hall–Kier alpha value is -0.465. The quantitative estimate of drug-likeness (QED) is 0.684. The van der Waals surface area contributed by atoms with Crippen LogP contribution in [0, 0.1) is 5.92 Å². The van der Waals surface area contributed by atoms with Gasteiger partial charge in [0, 0.05) is 26.6 Å². The van der Waals surface area contributed by atoms with Crippen LogP contribution in [0.1, 0.15) is 53.4 Å². The highest BCUT2D eigenvalue weighted by Crippen LogP contribution is 2.35. The van der Waals surface area contributed by atoms with Crippen molar-refractivity contribution >= 4 is 13.7 Å². The van der Waals surface area contributed by atoms with Crippen molar-refractivity contribution in [1.82, 2.24) is 4.90 Å². The molecule has 1 fully saturated rings. The third-order valence-electron chi connectivity index (χ3n) is 3.80. The Balaban J connectivity index is 0.00000121. The number of hydrogen-bond acceptors (Lipinski definition) is 1. The van der Waals surface area contributed by atoms with Crippen molar-refractivity contribution in [1.29, 1.82) is 0 Å². The third kappa shape index (κ3) is 4.04. The van der Waals surface area contributed by atoms with E-state index >= 15 is 0 Å². The molecule has 3 unspecified atom stereocenters. The summed E-state index contributed by atoms with van der Waals surface area (Å²) in [6, 6.07) is 0.576. The fourth-order valence-corrected chi connectivity index (χ4v) is 2.79. The lowest BCUT2D eigenvalue weighted by atomic mass is 9.67. The Morgan fingerprint density at radius 1 is 1.41 bits per heavy atom. The minimum absolute atomic E-state index is 0.343. The molecule has 98 valence electrons. The SMILES string of the molecule is CC.[B]C(CC)C1CCC(=NC)N(C)C1CC. The van der Waals surface area contributed by atoms with Gasteiger partial charge in [-0.05, 0) is 18.8 Å². The molecule has 3 heteroatoms. The molecule has 0 aromatic heterocycles. The van der Waals surface area contributed by atoms with Gasteiger partial charge in [-0.3, -0.25) is 4.99 Å². The van der Waals surface area contributed by atoms with E-state index in [2.05, 4.69) is 30.8 Å². The van der Waals surface area contributed by atoms with Gasteiger partial charge in [0.15, 0.2) is 0 Å². The van der Waals surface area contributed by atoms with Gasteiger partial charge in [-0.1, -0.05) is 39.9 Å². The molecule has 0 N–H and O–H groups in total. The molecule has 0 spiro atoms. The molecule has 1 rings (SSSR count). The Kier molecular flexibility index (Phi) is 8.36. The van der Waals surface area contributed by atoms with Crippen LogP contribution >= 0.6 is 0 Å². The summed E-state index contributed by atoms with van der Waals surface area (Å²) in [7, 11) is 10.2. The molecule has 2 nitrogen and oxygen atoms in total. The molecule has 0 saturated carbocycles. The summed E-state index contributed by atoms with van der Waals surface area (Å²) in [6.45, 7) is 8.43. The number of hydrogen-bond donors (Lipinski definition) is 0. The molecule has 2 radical (unpaired) electrons. The van der Waals surface area contributed by atoms with Crippen LogP contribution < -0.4 is 0 Å². The van der Waals surface area contributed by atoms with E-state index in [0.29, 0.717) is 17.8 Å². The second kappa shape index (κ2) is 8.60. The van der Waals surface area contributed by atoms with E-state index in [0.717, 1.165) is 19.3 Å². The molecule has 17 heavy (non-hydrogen) atoms. The van der Waals surface area contributed by atoms with Crippen LogP contribution in [0.4, 0.5) is 0 Å². The zero-order chi connectivity index (χ0) is 13.4. The summed E-state index contributed by atoms with van der Waals surface area (Å²) in [5.74, 6) is 2.22. The minimum atomic E-state index is 0.343. The first-order valence-electron chi connectivity index (χ1n) is 7.09. The number of piperidine rings is 1. The monoisotopic (exact) mass is 236 g/mol. The summed E-state index contributed by atoms with van der Waals surface area (Å²) in [5, 5.41) is 0. The number of rotatable bonds is 3. The maximum absolute atomic E-state index is 6.20. The van der Waals surface area contributed by atoms with Gasteiger partial charge in [0.05, 0.1) is 13.7 Å². The maximum Gasteiger partial charge on any atom is 0.0985 e. The average molecular weight is 236 g/mol. The molecular formula is C14H29BN2. The van der Waals surface area contributed by atoms with Crippen LogP contribution in [0.3, 0.4) is 0 Å². The van der Waals surface area contributed by atoms with Crippen LogP contribution in [0.25, 0.3) is 0 Å². The smallest absolute Gasteiger partial charge is 0.0985 e. The number of amidine groups is 1. The van der Waals surface area contributed by atoms with Gasteiger partial charge < -0.3 is 4.90 Å². The van der Waals surface area contributed by atoms with Gasteiger partial charge >= 0.3 is 0 Å². The lowest BCUT2D eigenvalue weighted by Crippen LogP contribution is -2.47. The molecule has 1 aliphatic heterocycles. The maximum atomic E-state index is 6.20. The molecule has 1 heterocycles. The predicted molar refractivity (Wildman–Crippen MR) is 79.1 cm³/mol. The molecule has 3 atom stereocenters. The summed E-state index contributed by atoms with van der Waals surface area (Å²) >= 11 is 0. The molecule has 0 aliphatic carbocycles. The van der Waals surface area contributed by atoms with Gasteiger partial charge in [-0.25, -0.2) is 0 Å². The van der Waals surface area contributed by atoms with Gasteiger partial charge in [0.1, 0.15) is 0 Å². The molecule has 0 amide bonds. The second-order valence-corrected chi connectivity index (χ2v) is 4.50. The zero-order valence-corrected chi connectivity index (χ0v) is 12.5. The van der Waals surface area contributed by atoms with Crippen molar-refractivity contribution < 1.29 is 0 Å². The van der Waals surface area contributed by atoms with E-state index in [1.165, 1.54) is 12.3 Å². The molecule has 1 saturated heterocycles. The first kappa shape index (κ1) is 16.5. The van der Waals surface area contributed by atoms with Crippen LogP contribution in [0.5, 0.6) is 0 Å². The van der Waals surface area contributed by atoms with E-state index in [-0.39, 0.29) is 0 Å². The topological polar surface area (TPSA) is 15.6 Å². The van der Waals surface area contributed by atoms with Crippen LogP contribution in [0.15, 0.2) is 4.99 Å². The van der Waals surface area contributed by atoms with E-state index in [4.69, 9.17) is 7.85 Å². The second-order valence-electron chi connectivity index (χ2n) is 4.50. The standard InChI is InChI=1S/C12H23BN2.C2H6/c1-5-10(13)9-7-8-12(14-3)15(4)11(9)6-2;1-2/h9-11H,5-8H2,1-4H3;1-2H3. The Labute approximate surface area is 109 Å². The fraction of sp³-hybridized carbons (Fsp3) is 0.929. The predicted octanol–water partition coefficient (Wildman–Crippen LogP) is 3.53. The first-order valence-corrected chi connectivity index (χ1v) is 7.09. The van der Waals surface area contributed by atoms with Crippen molar-refractivity contribution in [2.45, 2.75) is 65.2 Å². The summed E-state index contributed by atoms with van der Waals surface area (Å²) < 4.78 is 0. The van der Waals surface area contributed by atoms with E-state index in [1.807, 2.05) is 20.9 Å². The van der Waals surface area contributed by atoms with Crippen molar-refractivity contribution in [3.63, 3.8) is 0 Å². The first-order chi connectivity index (χ1) is 8.15. The van der Waals surface area contributed by atoms with E-state index in [1.54, 1.807) is 0 Å². The minimum Gasteiger partial charge on any atom is -0.360 e. The highest BCUT2D eigenvalue weighted by molar-refractivity contribution is 6.11. The number of likely N-dealkylation sites (tertiary alicyclic amines) is 1. The van der Waals surface area contributed by atoms with Crippen LogP contribution in [0.2, 0.25) is 5.82 Å². The Bertz CT molecular complexity index is 228. The Morgan fingerprint density at radius 3 is 2.41 bits per heavy atom. The summed E-state index contributed by atoms with van der Waals surface area (Å²) in [4.78, 5) is 6.69. The van der Waals surface area contributed by atoms with Crippen LogP contribution in [-0.4, -0.2) is 38.7 Å². The summed E-state index contributed by atoms with van der Waals surface area (Å²) in [6.07, 6.45) is 4.52. The van der Waals surface area contributed by atoms with Gasteiger partial charge in [0.2, 0.25) is 0 Å². The third-order valence-corrected chi connectivity index (χ3v) is 3.80. The normalized spacial score (nSPS) is 28.6. The average Bonchev–Trinajstić information content (AvgIpc) is 2.39. The zero-order valence-electron chi connectivity index (χ0n) is 12.5. The van der Waals surface area contributed by atoms with E-state index < -0.39 is 0 Å². The van der Waals surface area contributed by atoms with Crippen LogP contribution in [-0.2, 0) is 0 Å². The van der Waals surface area contributed by atoms with Crippen molar-refractivity contribution in [2.75, 3.05) is 14.1 Å². The highest BCUT2D eigenvalue weighted by atomic mass is 15.2. The van der Waals surface area contributed by atoms with Gasteiger partial charge in [0.25, 0.3) is 0 Å². The number of aliphatic imine (C=N–C) groups is 1. The molecular weight excluding hydrogens is 207 g/mol. The lowest BCUT2D eigenvalue weighted by Gasteiger charge is -2.43. The summed E-state index contributed by atoms with van der Waals surface area (Å²) in [5.41, 5.74) is 0. The lowest BCUT2D eigenvalue weighted by molar-refractivity contribution is 0.199. The molecule has 1 aliphatic rings. The fourth-order valence-electron chi connectivity index (χ4n) is 2.79. The Morgan fingerprint density at radius 2 is 2.00 bits per heavy atom. The van der Waals surface area contributed by atoms with E-state index in [9.17, 15) is 0 Å². The molecule has 0 aromatic rings. The number of nitrogens with zero attached hydrogens (tertiary/aromatic N) is 2. The van der Waals surface area contributed by atoms with Crippen molar-refractivity contribution in [3.8, 4) is 0 Å². The van der Waals surface area contributed by atoms with Gasteiger partial charge in [-0.15, -0.1) is 0 Å². The van der Waals surface area contributed by atoms with Crippen molar-refractivity contribution in [2.24, 2.45) is 10.9 Å². The van der Waals surface area contributed by atoms with Gasteiger partial charge in [-0.2, -0.15) is 0 Å². The molecule has 0 bridgehead atoms. The van der Waals surface area contributed by atoms with Crippen molar-refractivity contribution in [3.05, 3.63) is 0 Å². The largest absolute Gasteiger partial charge is 0.360 e.